The van der Waals surface area contributed by atoms with Crippen LogP contribution in [0.15, 0.2) is 24.3 Å². The minimum absolute atomic E-state index is 0.0664. The molecule has 0 radical (unpaired) electrons. The molecule has 3 nitrogen and oxygen atoms in total. The lowest BCUT2D eigenvalue weighted by Gasteiger charge is -2.31. The number of ether oxygens (including phenoxy) is 1. The average Bonchev–Trinajstić information content (AvgIpc) is 2.57. The van der Waals surface area contributed by atoms with Crippen LogP contribution in [0.1, 0.15) is 0 Å². The topological polar surface area (TPSA) is 38.3 Å². The molecule has 0 bridgehead atoms. The lowest BCUT2D eigenvalue weighted by Crippen LogP contribution is -2.63. The van der Waals surface area contributed by atoms with Gasteiger partial charge in [-0.05, 0) is 24.3 Å². The summed E-state index contributed by atoms with van der Waals surface area (Å²) >= 11 is 5.46. The van der Waals surface area contributed by atoms with Crippen molar-refractivity contribution in [3.05, 3.63) is 29.3 Å². The molecule has 2 rings (SSSR count). The Balaban J connectivity index is 2.40. The number of carbonyl (C=O) groups is 1. The Kier molecular flexibility index (Phi) is 4.24. The van der Waals surface area contributed by atoms with Crippen molar-refractivity contribution in [2.75, 3.05) is 5.32 Å². The van der Waals surface area contributed by atoms with E-state index in [2.05, 4.69) is 4.74 Å². The number of halogens is 10. The van der Waals surface area contributed by atoms with Crippen molar-refractivity contribution in [2.45, 2.75) is 29.7 Å². The lowest BCUT2D eigenvalue weighted by atomic mass is 9.99. The minimum Gasteiger partial charge on any atom is -0.321 e. The van der Waals surface area contributed by atoms with E-state index in [1.54, 1.807) is 0 Å². The van der Waals surface area contributed by atoms with E-state index in [9.17, 15) is 44.3 Å². The number of rotatable bonds is 3. The SMILES string of the molecule is O=C(Nc1ccc(Cl)cc1)C(F)(F)C1(F)OC(F)(F)C(F)(F)C1(F)F. The van der Waals surface area contributed by atoms with E-state index in [4.69, 9.17) is 11.6 Å². The van der Waals surface area contributed by atoms with Crippen LogP contribution in [0.2, 0.25) is 5.02 Å². The standard InChI is InChI=1S/C12H5ClF9NO2/c13-5-1-3-6(4-2-5)23-7(24)8(14,15)11(20)9(16,17)10(18,19)12(21,22)25-11/h1-4H,(H,23,24). The van der Waals surface area contributed by atoms with Gasteiger partial charge in [0.15, 0.2) is 0 Å². The second-order valence-electron chi connectivity index (χ2n) is 4.90. The van der Waals surface area contributed by atoms with Gasteiger partial charge in [0.2, 0.25) is 0 Å². The van der Waals surface area contributed by atoms with Gasteiger partial charge in [-0.2, -0.15) is 39.5 Å². The van der Waals surface area contributed by atoms with Crippen molar-refractivity contribution in [1.82, 2.24) is 0 Å². The molecule has 1 atom stereocenters. The van der Waals surface area contributed by atoms with Crippen LogP contribution in [-0.4, -0.2) is 35.6 Å². The number of alkyl halides is 9. The fourth-order valence-corrected chi connectivity index (χ4v) is 1.97. The van der Waals surface area contributed by atoms with Crippen LogP contribution in [0.4, 0.5) is 45.2 Å². The van der Waals surface area contributed by atoms with Crippen LogP contribution in [-0.2, 0) is 9.53 Å². The number of nitrogens with one attached hydrogen (secondary N) is 1. The summed E-state index contributed by atoms with van der Waals surface area (Å²) in [6.07, 6.45) is -6.28. The zero-order valence-electron chi connectivity index (χ0n) is 11.4. The highest BCUT2D eigenvalue weighted by Gasteiger charge is 2.96. The number of hydrogen-bond donors (Lipinski definition) is 1. The molecule has 25 heavy (non-hydrogen) atoms. The number of carbonyl (C=O) groups excluding carboxylic acids is 1. The molecule has 0 aliphatic carbocycles. The molecule has 1 amide bonds. The van der Waals surface area contributed by atoms with E-state index in [0.29, 0.717) is 0 Å². The van der Waals surface area contributed by atoms with Crippen molar-refractivity contribution in [3.63, 3.8) is 0 Å². The maximum atomic E-state index is 13.9. The predicted octanol–water partition coefficient (Wildman–Crippen LogP) is 4.47. The van der Waals surface area contributed by atoms with Crippen LogP contribution in [0.3, 0.4) is 0 Å². The van der Waals surface area contributed by atoms with Gasteiger partial charge in [0, 0.05) is 10.7 Å². The molecule has 13 heteroatoms. The van der Waals surface area contributed by atoms with Crippen molar-refractivity contribution in [3.8, 4) is 0 Å². The fourth-order valence-electron chi connectivity index (χ4n) is 1.84. The Bertz CT molecular complexity index is 694. The highest BCUT2D eigenvalue weighted by Crippen LogP contribution is 2.64. The summed E-state index contributed by atoms with van der Waals surface area (Å²) in [7, 11) is 0. The lowest BCUT2D eigenvalue weighted by molar-refractivity contribution is -0.366. The van der Waals surface area contributed by atoms with E-state index >= 15 is 0 Å². The molecule has 0 spiro atoms. The summed E-state index contributed by atoms with van der Waals surface area (Å²) in [6, 6.07) is 3.84. The van der Waals surface area contributed by atoms with Crippen LogP contribution in [0.25, 0.3) is 0 Å². The average molecular weight is 402 g/mol. The number of anilines is 1. The van der Waals surface area contributed by atoms with Gasteiger partial charge >= 0.3 is 35.6 Å². The zero-order valence-corrected chi connectivity index (χ0v) is 12.2. The molecule has 1 saturated heterocycles. The first-order chi connectivity index (χ1) is 11.1. The highest BCUT2D eigenvalue weighted by atomic mass is 35.5. The molecule has 1 fully saturated rings. The number of benzene rings is 1. The van der Waals surface area contributed by atoms with E-state index in [-0.39, 0.29) is 5.02 Å². The van der Waals surface area contributed by atoms with Crippen LogP contribution in [0, 0.1) is 0 Å². The number of hydrogen-bond acceptors (Lipinski definition) is 2. The maximum Gasteiger partial charge on any atom is 0.428 e. The molecule has 1 aromatic rings. The summed E-state index contributed by atoms with van der Waals surface area (Å²) in [4.78, 5) is 11.4. The van der Waals surface area contributed by atoms with Gasteiger partial charge in [-0.3, -0.25) is 9.53 Å². The molecule has 140 valence electrons. The first-order valence-electron chi connectivity index (χ1n) is 6.07. The van der Waals surface area contributed by atoms with E-state index in [0.717, 1.165) is 24.3 Å². The summed E-state index contributed by atoms with van der Waals surface area (Å²) in [5, 5.41) is 1.28. The molecule has 1 aromatic carbocycles. The molecule has 0 saturated carbocycles. The maximum absolute atomic E-state index is 13.9. The molecule has 1 N–H and O–H groups in total. The van der Waals surface area contributed by atoms with Crippen LogP contribution < -0.4 is 5.32 Å². The summed E-state index contributed by atoms with van der Waals surface area (Å²) in [5.74, 6) is -28.7. The molecule has 0 aromatic heterocycles. The smallest absolute Gasteiger partial charge is 0.321 e. The molecule has 1 aliphatic rings. The van der Waals surface area contributed by atoms with Gasteiger partial charge in [-0.15, -0.1) is 0 Å². The summed E-state index contributed by atoms with van der Waals surface area (Å²) < 4.78 is 122. The first kappa shape index (κ1) is 19.6. The van der Waals surface area contributed by atoms with Gasteiger partial charge in [0.1, 0.15) is 0 Å². The van der Waals surface area contributed by atoms with Gasteiger partial charge in [-0.1, -0.05) is 11.6 Å². The Morgan fingerprint density at radius 1 is 0.960 bits per heavy atom. The Morgan fingerprint density at radius 2 is 1.44 bits per heavy atom. The van der Waals surface area contributed by atoms with Gasteiger partial charge < -0.3 is 5.32 Å². The molecule has 1 heterocycles. The van der Waals surface area contributed by atoms with E-state index in [1.165, 1.54) is 5.32 Å². The minimum atomic E-state index is -6.72. The molecular weight excluding hydrogens is 397 g/mol. The van der Waals surface area contributed by atoms with Gasteiger partial charge in [0.25, 0.3) is 0 Å². The Labute approximate surface area is 137 Å². The van der Waals surface area contributed by atoms with Crippen molar-refractivity contribution >= 4 is 23.2 Å². The predicted molar refractivity (Wildman–Crippen MR) is 64.8 cm³/mol. The van der Waals surface area contributed by atoms with E-state index < -0.39 is 41.3 Å². The third kappa shape index (κ3) is 2.53. The van der Waals surface area contributed by atoms with Crippen molar-refractivity contribution in [2.24, 2.45) is 0 Å². The largest absolute Gasteiger partial charge is 0.428 e. The van der Waals surface area contributed by atoms with E-state index in [1.807, 2.05) is 0 Å². The summed E-state index contributed by atoms with van der Waals surface area (Å²) in [6.45, 7) is 0. The van der Waals surface area contributed by atoms with Gasteiger partial charge in [-0.25, -0.2) is 0 Å². The highest BCUT2D eigenvalue weighted by molar-refractivity contribution is 6.30. The second kappa shape index (κ2) is 5.40. The Morgan fingerprint density at radius 3 is 1.84 bits per heavy atom. The quantitative estimate of drug-likeness (QED) is 0.759. The molecule has 1 aliphatic heterocycles. The normalized spacial score (nSPS) is 27.1. The second-order valence-corrected chi connectivity index (χ2v) is 5.33. The Hall–Kier alpha value is -1.69. The zero-order chi connectivity index (χ0) is 19.5. The van der Waals surface area contributed by atoms with Crippen molar-refractivity contribution < 1.29 is 49.0 Å². The summed E-state index contributed by atoms with van der Waals surface area (Å²) in [5.41, 5.74) is -0.530. The first-order valence-corrected chi connectivity index (χ1v) is 6.45. The third-order valence-corrected chi connectivity index (χ3v) is 3.48. The van der Waals surface area contributed by atoms with Gasteiger partial charge in [0.05, 0.1) is 0 Å². The van der Waals surface area contributed by atoms with Crippen molar-refractivity contribution in [1.29, 1.82) is 0 Å². The third-order valence-electron chi connectivity index (χ3n) is 3.22. The number of amides is 1. The molecular formula is C12H5ClF9NO2. The molecule has 1 unspecified atom stereocenters. The van der Waals surface area contributed by atoms with Crippen LogP contribution >= 0.6 is 11.6 Å². The fraction of sp³-hybridized carbons (Fsp3) is 0.417. The van der Waals surface area contributed by atoms with Crippen LogP contribution in [0.5, 0.6) is 0 Å². The monoisotopic (exact) mass is 401 g/mol.